The standard InChI is InChI=1S/C17H15BrClNO4/c1-23-14-7-11(17(22)10-5-3-4-6-12(10)19)13(8-15(14)24-2)20-16(21)9-18/h3-8H,9H2,1-2H3,(H,20,21). The second kappa shape index (κ2) is 8.17. The lowest BCUT2D eigenvalue weighted by atomic mass is 10.0. The number of rotatable bonds is 6. The third-order valence-corrected chi connectivity index (χ3v) is 4.12. The second-order valence-electron chi connectivity index (χ2n) is 4.74. The van der Waals surface area contributed by atoms with Crippen LogP contribution in [-0.4, -0.2) is 31.2 Å². The number of benzene rings is 2. The molecule has 2 aromatic rings. The van der Waals surface area contributed by atoms with E-state index in [9.17, 15) is 9.59 Å². The van der Waals surface area contributed by atoms with Crippen molar-refractivity contribution in [2.45, 2.75) is 0 Å². The number of carbonyl (C=O) groups is 2. The predicted molar refractivity (Wildman–Crippen MR) is 96.9 cm³/mol. The van der Waals surface area contributed by atoms with Gasteiger partial charge in [0.15, 0.2) is 17.3 Å². The van der Waals surface area contributed by atoms with E-state index in [0.29, 0.717) is 27.8 Å². The van der Waals surface area contributed by atoms with Crippen LogP contribution in [0.4, 0.5) is 5.69 Å². The molecule has 0 saturated carbocycles. The summed E-state index contributed by atoms with van der Waals surface area (Å²) < 4.78 is 10.5. The van der Waals surface area contributed by atoms with E-state index in [0.717, 1.165) is 0 Å². The number of carbonyl (C=O) groups excluding carboxylic acids is 2. The number of alkyl halides is 1. The third-order valence-electron chi connectivity index (χ3n) is 3.28. The maximum absolute atomic E-state index is 12.9. The molecule has 0 aliphatic heterocycles. The van der Waals surface area contributed by atoms with Gasteiger partial charge in [-0.05, 0) is 18.2 Å². The van der Waals surface area contributed by atoms with Gasteiger partial charge in [-0.15, -0.1) is 0 Å². The Hall–Kier alpha value is -2.05. The van der Waals surface area contributed by atoms with Crippen molar-refractivity contribution in [1.29, 1.82) is 0 Å². The van der Waals surface area contributed by atoms with Crippen molar-refractivity contribution in [3.63, 3.8) is 0 Å². The lowest BCUT2D eigenvalue weighted by Gasteiger charge is -2.15. The Morgan fingerprint density at radius 1 is 1.08 bits per heavy atom. The van der Waals surface area contributed by atoms with E-state index < -0.39 is 0 Å². The fourth-order valence-corrected chi connectivity index (χ4v) is 2.51. The largest absolute Gasteiger partial charge is 0.493 e. The number of hydrogen-bond acceptors (Lipinski definition) is 4. The van der Waals surface area contributed by atoms with Crippen LogP contribution in [0.25, 0.3) is 0 Å². The summed E-state index contributed by atoms with van der Waals surface area (Å²) in [5.41, 5.74) is 0.915. The summed E-state index contributed by atoms with van der Waals surface area (Å²) in [6, 6.07) is 9.78. The third kappa shape index (κ3) is 3.88. The number of ketones is 1. The van der Waals surface area contributed by atoms with Crippen LogP contribution in [0.2, 0.25) is 5.02 Å². The van der Waals surface area contributed by atoms with Crippen LogP contribution in [0, 0.1) is 0 Å². The van der Waals surface area contributed by atoms with Crippen LogP contribution in [0.3, 0.4) is 0 Å². The number of amides is 1. The SMILES string of the molecule is COc1cc(NC(=O)CBr)c(C(=O)c2ccccc2Cl)cc1OC. The molecule has 0 spiro atoms. The Balaban J connectivity index is 2.59. The summed E-state index contributed by atoms with van der Waals surface area (Å²) in [5.74, 6) is 0.157. The Kier molecular flexibility index (Phi) is 6.23. The van der Waals surface area contributed by atoms with Crippen molar-refractivity contribution < 1.29 is 19.1 Å². The molecule has 0 radical (unpaired) electrons. The summed E-state index contributed by atoms with van der Waals surface area (Å²) in [6.45, 7) is 0. The molecule has 0 aromatic heterocycles. The average molecular weight is 413 g/mol. The van der Waals surface area contributed by atoms with Crippen molar-refractivity contribution >= 4 is 44.9 Å². The molecular formula is C17H15BrClNO4. The van der Waals surface area contributed by atoms with Crippen LogP contribution >= 0.6 is 27.5 Å². The molecule has 5 nitrogen and oxygen atoms in total. The molecule has 7 heteroatoms. The van der Waals surface area contributed by atoms with Crippen molar-refractivity contribution in [3.8, 4) is 11.5 Å². The molecule has 2 rings (SSSR count). The number of anilines is 1. The first-order valence-corrected chi connectivity index (χ1v) is 8.42. The van der Waals surface area contributed by atoms with Gasteiger partial charge in [0.1, 0.15) is 0 Å². The second-order valence-corrected chi connectivity index (χ2v) is 5.71. The topological polar surface area (TPSA) is 64.6 Å². The summed E-state index contributed by atoms with van der Waals surface area (Å²) >= 11 is 9.20. The van der Waals surface area contributed by atoms with Crippen molar-refractivity contribution in [3.05, 3.63) is 52.5 Å². The van der Waals surface area contributed by atoms with Gasteiger partial charge in [-0.1, -0.05) is 39.7 Å². The Morgan fingerprint density at radius 3 is 2.29 bits per heavy atom. The average Bonchev–Trinajstić information content (AvgIpc) is 2.60. The molecule has 0 aliphatic carbocycles. The molecule has 1 amide bonds. The Morgan fingerprint density at radius 2 is 1.71 bits per heavy atom. The summed E-state index contributed by atoms with van der Waals surface area (Å²) in [4.78, 5) is 24.6. The van der Waals surface area contributed by atoms with Crippen LogP contribution in [0.1, 0.15) is 15.9 Å². The summed E-state index contributed by atoms with van der Waals surface area (Å²) in [6.07, 6.45) is 0. The van der Waals surface area contributed by atoms with Crippen molar-refractivity contribution in [2.75, 3.05) is 24.9 Å². The van der Waals surface area contributed by atoms with Gasteiger partial charge < -0.3 is 14.8 Å². The minimum atomic E-state index is -0.327. The van der Waals surface area contributed by atoms with E-state index in [1.54, 1.807) is 30.3 Å². The van der Waals surface area contributed by atoms with Crippen LogP contribution < -0.4 is 14.8 Å². The molecule has 0 saturated heterocycles. The number of ether oxygens (including phenoxy) is 2. The van der Waals surface area contributed by atoms with Crippen molar-refractivity contribution in [2.24, 2.45) is 0 Å². The van der Waals surface area contributed by atoms with Gasteiger partial charge in [-0.2, -0.15) is 0 Å². The van der Waals surface area contributed by atoms with E-state index in [2.05, 4.69) is 21.2 Å². The number of nitrogens with one attached hydrogen (secondary N) is 1. The quantitative estimate of drug-likeness (QED) is 0.577. The van der Waals surface area contributed by atoms with Gasteiger partial charge in [0.2, 0.25) is 5.91 Å². The molecule has 24 heavy (non-hydrogen) atoms. The molecule has 0 aliphatic rings. The minimum Gasteiger partial charge on any atom is -0.493 e. The predicted octanol–water partition coefficient (Wildman–Crippen LogP) is 3.92. The van der Waals surface area contributed by atoms with E-state index >= 15 is 0 Å². The fraction of sp³-hybridized carbons (Fsp3) is 0.176. The number of methoxy groups -OCH3 is 2. The van der Waals surface area contributed by atoms with Gasteiger partial charge in [0.25, 0.3) is 0 Å². The zero-order valence-corrected chi connectivity index (χ0v) is 15.4. The van der Waals surface area contributed by atoms with Crippen LogP contribution in [0.5, 0.6) is 11.5 Å². The first-order chi connectivity index (χ1) is 11.5. The maximum Gasteiger partial charge on any atom is 0.235 e. The van der Waals surface area contributed by atoms with E-state index in [1.807, 2.05) is 0 Å². The molecule has 0 atom stereocenters. The summed E-state index contributed by atoms with van der Waals surface area (Å²) in [5, 5.41) is 3.10. The zero-order chi connectivity index (χ0) is 17.7. The highest BCUT2D eigenvalue weighted by molar-refractivity contribution is 9.09. The van der Waals surface area contributed by atoms with Crippen LogP contribution in [-0.2, 0) is 4.79 Å². The molecule has 0 heterocycles. The first-order valence-electron chi connectivity index (χ1n) is 6.92. The van der Waals surface area contributed by atoms with Crippen LogP contribution in [0.15, 0.2) is 36.4 Å². The number of hydrogen-bond donors (Lipinski definition) is 1. The zero-order valence-electron chi connectivity index (χ0n) is 13.1. The smallest absolute Gasteiger partial charge is 0.235 e. The maximum atomic E-state index is 12.9. The van der Waals surface area contributed by atoms with Gasteiger partial charge >= 0.3 is 0 Å². The molecule has 1 N–H and O–H groups in total. The van der Waals surface area contributed by atoms with Gasteiger partial charge in [0.05, 0.1) is 35.8 Å². The highest BCUT2D eigenvalue weighted by atomic mass is 79.9. The Bertz CT molecular complexity index is 779. The molecule has 0 unspecified atom stereocenters. The van der Waals surface area contributed by atoms with Gasteiger partial charge in [-0.25, -0.2) is 0 Å². The lowest BCUT2D eigenvalue weighted by Crippen LogP contribution is -2.16. The first kappa shape index (κ1) is 18.3. The Labute approximate surface area is 153 Å². The highest BCUT2D eigenvalue weighted by Gasteiger charge is 2.21. The molecule has 0 fully saturated rings. The van der Waals surface area contributed by atoms with E-state index in [4.69, 9.17) is 21.1 Å². The minimum absolute atomic E-state index is 0.0983. The summed E-state index contributed by atoms with van der Waals surface area (Å²) in [7, 11) is 2.95. The monoisotopic (exact) mass is 411 g/mol. The van der Waals surface area contributed by atoms with E-state index in [1.165, 1.54) is 20.3 Å². The number of halogens is 2. The van der Waals surface area contributed by atoms with Crippen molar-refractivity contribution in [1.82, 2.24) is 0 Å². The fourth-order valence-electron chi connectivity index (χ4n) is 2.14. The van der Waals surface area contributed by atoms with E-state index in [-0.39, 0.29) is 22.6 Å². The highest BCUT2D eigenvalue weighted by Crippen LogP contribution is 2.35. The molecule has 126 valence electrons. The van der Waals surface area contributed by atoms with Gasteiger partial charge in [0, 0.05) is 11.6 Å². The van der Waals surface area contributed by atoms with Gasteiger partial charge in [-0.3, -0.25) is 9.59 Å². The molecule has 0 bridgehead atoms. The molecular weight excluding hydrogens is 398 g/mol. The lowest BCUT2D eigenvalue weighted by molar-refractivity contribution is -0.113. The molecule has 2 aromatic carbocycles. The normalized spacial score (nSPS) is 10.2.